The first kappa shape index (κ1) is 17.2. The van der Waals surface area contributed by atoms with Gasteiger partial charge in [0.2, 0.25) is 3.42 Å². The highest BCUT2D eigenvalue weighted by atomic mass is 79.9. The van der Waals surface area contributed by atoms with E-state index >= 15 is 0 Å². The molecule has 1 aliphatic rings. The van der Waals surface area contributed by atoms with E-state index in [0.717, 1.165) is 12.8 Å². The fraction of sp³-hybridized carbons (Fsp3) is 0.909. The molecule has 0 spiro atoms. The number of alkyl carbamates (subject to hydrolysis) is 1. The number of halogens is 4. The zero-order valence-electron chi connectivity index (χ0n) is 10.1. The van der Waals surface area contributed by atoms with Crippen LogP contribution in [0.4, 0.5) is 4.79 Å². The van der Waals surface area contributed by atoms with Crippen molar-refractivity contribution in [1.29, 1.82) is 0 Å². The van der Waals surface area contributed by atoms with Crippen molar-refractivity contribution in [2.75, 3.05) is 0 Å². The van der Waals surface area contributed by atoms with Crippen molar-refractivity contribution in [2.45, 2.75) is 52.2 Å². The molecule has 7 heteroatoms. The molecular formula is C11H17Br4NO2. The second kappa shape index (κ2) is 7.27. The molecule has 1 saturated carbocycles. The molecule has 3 nitrogen and oxygen atoms in total. The maximum absolute atomic E-state index is 11.7. The summed E-state index contributed by atoms with van der Waals surface area (Å²) >= 11 is 13.5. The molecule has 18 heavy (non-hydrogen) atoms. The lowest BCUT2D eigenvalue weighted by Crippen LogP contribution is -2.45. The van der Waals surface area contributed by atoms with Gasteiger partial charge in [0.1, 0.15) is 0 Å². The molecule has 0 atom stereocenters. The van der Waals surface area contributed by atoms with Crippen LogP contribution in [0.15, 0.2) is 0 Å². The van der Waals surface area contributed by atoms with Crippen LogP contribution in [0.3, 0.4) is 0 Å². The van der Waals surface area contributed by atoms with E-state index in [9.17, 15) is 4.79 Å². The Morgan fingerprint density at radius 1 is 1.11 bits per heavy atom. The summed E-state index contributed by atoms with van der Waals surface area (Å²) in [4.78, 5) is 11.7. The first-order chi connectivity index (χ1) is 8.21. The lowest BCUT2D eigenvalue weighted by atomic mass is 10.0. The van der Waals surface area contributed by atoms with Crippen LogP contribution in [0.25, 0.3) is 0 Å². The highest BCUT2D eigenvalue weighted by Gasteiger charge is 2.36. The Morgan fingerprint density at radius 2 is 1.61 bits per heavy atom. The van der Waals surface area contributed by atoms with Gasteiger partial charge in [-0.15, -0.1) is 0 Å². The zero-order chi connectivity index (χ0) is 13.8. The fourth-order valence-corrected chi connectivity index (χ4v) is 3.60. The van der Waals surface area contributed by atoms with E-state index < -0.39 is 12.9 Å². The Bertz CT molecular complexity index is 283. The van der Waals surface area contributed by atoms with Crippen LogP contribution in [0.1, 0.15) is 45.4 Å². The third-order valence-electron chi connectivity index (χ3n) is 2.91. The quantitative estimate of drug-likeness (QED) is 0.303. The highest BCUT2D eigenvalue weighted by molar-refractivity contribution is 9.25. The highest BCUT2D eigenvalue weighted by Crippen LogP contribution is 2.40. The maximum atomic E-state index is 11.7. The van der Waals surface area contributed by atoms with Gasteiger partial charge < -0.3 is 4.74 Å². The monoisotopic (exact) mass is 511 g/mol. The van der Waals surface area contributed by atoms with Crippen LogP contribution in [0, 0.1) is 5.92 Å². The summed E-state index contributed by atoms with van der Waals surface area (Å²) in [7, 11) is 0. The molecule has 1 N–H and O–H groups in total. The molecule has 0 unspecified atom stereocenters. The molecule has 0 bridgehead atoms. The summed E-state index contributed by atoms with van der Waals surface area (Å²) in [6.45, 7) is 1.70. The van der Waals surface area contributed by atoms with Crippen LogP contribution in [-0.2, 0) is 4.74 Å². The minimum atomic E-state index is -0.844. The Balaban J connectivity index is 2.54. The Morgan fingerprint density at radius 3 is 2.06 bits per heavy atom. The number of rotatable bonds is 3. The predicted octanol–water partition coefficient (Wildman–Crippen LogP) is 5.59. The average Bonchev–Trinajstić information content (AvgIpc) is 2.40. The molecule has 0 aromatic heterocycles. The van der Waals surface area contributed by atoms with Gasteiger partial charge in [0, 0.05) is 5.92 Å². The predicted molar refractivity (Wildman–Crippen MR) is 87.7 cm³/mol. The van der Waals surface area contributed by atoms with E-state index in [1.807, 2.05) is 0 Å². The van der Waals surface area contributed by atoms with E-state index in [4.69, 9.17) is 4.74 Å². The Labute approximate surface area is 142 Å². The number of ether oxygens (including phenoxy) is 1. The minimum absolute atomic E-state index is 0.365. The number of alkyl halides is 4. The van der Waals surface area contributed by atoms with Crippen LogP contribution >= 0.6 is 63.7 Å². The topological polar surface area (TPSA) is 38.3 Å². The number of hydrogen-bond acceptors (Lipinski definition) is 2. The van der Waals surface area contributed by atoms with Crippen molar-refractivity contribution < 1.29 is 9.53 Å². The molecule has 1 aliphatic carbocycles. The molecule has 1 fully saturated rings. The summed E-state index contributed by atoms with van der Waals surface area (Å²) in [6.07, 6.45) is 6.66. The molecule has 0 saturated heterocycles. The summed E-state index contributed by atoms with van der Waals surface area (Å²) in [5.41, 5.74) is 0. The Kier molecular flexibility index (Phi) is 6.96. The zero-order valence-corrected chi connectivity index (χ0v) is 16.5. The van der Waals surface area contributed by atoms with Crippen molar-refractivity contribution in [3.63, 3.8) is 0 Å². The molecule has 0 aromatic carbocycles. The third-order valence-corrected chi connectivity index (χ3v) is 4.92. The lowest BCUT2D eigenvalue weighted by Gasteiger charge is -2.31. The molecule has 106 valence electrons. The van der Waals surface area contributed by atoms with Gasteiger partial charge in [0.25, 0.3) is 0 Å². The van der Waals surface area contributed by atoms with Gasteiger partial charge in [-0.2, -0.15) is 0 Å². The molecular weight excluding hydrogens is 498 g/mol. The van der Waals surface area contributed by atoms with Gasteiger partial charge in [-0.25, -0.2) is 4.79 Å². The van der Waals surface area contributed by atoms with Crippen molar-refractivity contribution in [3.8, 4) is 0 Å². The van der Waals surface area contributed by atoms with Crippen LogP contribution < -0.4 is 5.32 Å². The van der Waals surface area contributed by atoms with Crippen molar-refractivity contribution in [1.82, 2.24) is 5.32 Å². The SMILES string of the molecule is CC(Br)(Br)OC(=O)NC(Br)(Br)C1CCCCCC1. The average molecular weight is 515 g/mol. The second-order valence-electron chi connectivity index (χ2n) is 4.63. The molecule has 0 aromatic rings. The molecule has 0 aliphatic heterocycles. The normalized spacial score (nSPS) is 19.2. The van der Waals surface area contributed by atoms with Gasteiger partial charge in [-0.1, -0.05) is 25.7 Å². The summed E-state index contributed by atoms with van der Waals surface area (Å²) < 4.78 is 3.68. The maximum Gasteiger partial charge on any atom is 0.411 e. The van der Waals surface area contributed by atoms with Crippen molar-refractivity contribution >= 4 is 69.8 Å². The largest absolute Gasteiger partial charge is 0.421 e. The molecule has 1 amide bonds. The van der Waals surface area contributed by atoms with Crippen LogP contribution in [-0.4, -0.2) is 12.9 Å². The number of carbonyl (C=O) groups is 1. The fourth-order valence-electron chi connectivity index (χ4n) is 2.07. The smallest absolute Gasteiger partial charge is 0.411 e. The van der Waals surface area contributed by atoms with E-state index in [2.05, 4.69) is 69.0 Å². The van der Waals surface area contributed by atoms with E-state index in [1.165, 1.54) is 25.7 Å². The molecule has 0 radical (unpaired) electrons. The first-order valence-electron chi connectivity index (χ1n) is 5.97. The first-order valence-corrected chi connectivity index (χ1v) is 9.15. The van der Waals surface area contributed by atoms with Gasteiger partial charge in [-0.3, -0.25) is 5.32 Å². The number of hydrogen-bond donors (Lipinski definition) is 1. The van der Waals surface area contributed by atoms with Gasteiger partial charge >= 0.3 is 6.09 Å². The van der Waals surface area contributed by atoms with Gasteiger partial charge in [0.15, 0.2) is 3.36 Å². The van der Waals surface area contributed by atoms with Crippen molar-refractivity contribution in [2.24, 2.45) is 5.92 Å². The minimum Gasteiger partial charge on any atom is -0.421 e. The lowest BCUT2D eigenvalue weighted by molar-refractivity contribution is 0.130. The summed E-state index contributed by atoms with van der Waals surface area (Å²) in [5.74, 6) is 0.365. The van der Waals surface area contributed by atoms with Crippen molar-refractivity contribution in [3.05, 3.63) is 0 Å². The van der Waals surface area contributed by atoms with E-state index in [0.29, 0.717) is 5.92 Å². The van der Waals surface area contributed by atoms with Gasteiger partial charge in [0.05, 0.1) is 0 Å². The number of carbonyl (C=O) groups excluding carboxylic acids is 1. The summed E-state index contributed by atoms with van der Waals surface area (Å²) in [5, 5.41) is 2.82. The van der Waals surface area contributed by atoms with Gasteiger partial charge in [-0.05, 0) is 83.5 Å². The molecule has 1 rings (SSSR count). The molecule has 0 heterocycles. The summed E-state index contributed by atoms with van der Waals surface area (Å²) in [6, 6.07) is 0. The Hall–Kier alpha value is 1.19. The number of nitrogens with one attached hydrogen (secondary N) is 1. The third kappa shape index (κ3) is 6.57. The van der Waals surface area contributed by atoms with Crippen LogP contribution in [0.5, 0.6) is 0 Å². The second-order valence-corrected chi connectivity index (χ2v) is 12.3. The van der Waals surface area contributed by atoms with E-state index in [-0.39, 0.29) is 0 Å². The van der Waals surface area contributed by atoms with Crippen LogP contribution in [0.2, 0.25) is 0 Å². The number of amides is 1. The van der Waals surface area contributed by atoms with E-state index in [1.54, 1.807) is 6.92 Å². The standard InChI is InChI=1S/C11H17Br4NO2/c1-10(12,13)18-9(17)16-11(14,15)8-6-4-2-3-5-7-8/h8H,2-7H2,1H3,(H,16,17).